The van der Waals surface area contributed by atoms with Gasteiger partial charge in [-0.15, -0.1) is 0 Å². The number of nitrogens with one attached hydrogen (secondary N) is 1. The normalized spacial score (nSPS) is 18.4. The lowest BCUT2D eigenvalue weighted by atomic mass is 9.80. The van der Waals surface area contributed by atoms with Crippen LogP contribution in [0, 0.1) is 5.41 Å². The highest BCUT2D eigenvalue weighted by atomic mass is 16.6. The molecule has 0 atom stereocenters. The summed E-state index contributed by atoms with van der Waals surface area (Å²) in [6.45, 7) is 6.99. The molecule has 1 aliphatic heterocycles. The van der Waals surface area contributed by atoms with Crippen molar-refractivity contribution in [1.82, 2.24) is 5.32 Å². The molecule has 20 heavy (non-hydrogen) atoms. The molecular weight excluding hydrogens is 262 g/mol. The Morgan fingerprint density at radius 3 is 2.35 bits per heavy atom. The Balaban J connectivity index is 2.47. The molecule has 1 N–H and O–H groups in total. The molecule has 0 bridgehead atoms. The van der Waals surface area contributed by atoms with Gasteiger partial charge in [-0.25, -0.2) is 0 Å². The Hall–Kier alpha value is -1.14. The molecule has 1 rings (SSSR count). The van der Waals surface area contributed by atoms with Gasteiger partial charge < -0.3 is 19.5 Å². The van der Waals surface area contributed by atoms with Crippen molar-refractivity contribution in [2.24, 2.45) is 5.41 Å². The minimum Gasteiger partial charge on any atom is -0.469 e. The molecule has 1 aliphatic rings. The third-order valence-electron chi connectivity index (χ3n) is 3.22. The van der Waals surface area contributed by atoms with Gasteiger partial charge in [0.05, 0.1) is 19.1 Å². The van der Waals surface area contributed by atoms with Crippen LogP contribution >= 0.6 is 0 Å². The molecule has 0 amide bonds. The van der Waals surface area contributed by atoms with Gasteiger partial charge in [-0.1, -0.05) is 0 Å². The Bertz CT molecular complexity index is 342. The predicted molar refractivity (Wildman–Crippen MR) is 73.2 cm³/mol. The summed E-state index contributed by atoms with van der Waals surface area (Å²) in [7, 11) is 1.38. The summed E-state index contributed by atoms with van der Waals surface area (Å²) < 4.78 is 15.4. The Kier molecular flexibility index (Phi) is 5.95. The zero-order chi connectivity index (χ0) is 15.2. The number of esters is 2. The molecule has 1 saturated heterocycles. The van der Waals surface area contributed by atoms with E-state index in [4.69, 9.17) is 14.2 Å². The highest BCUT2D eigenvalue weighted by molar-refractivity contribution is 5.77. The lowest BCUT2D eigenvalue weighted by molar-refractivity contribution is -0.160. The van der Waals surface area contributed by atoms with Crippen LogP contribution in [0.5, 0.6) is 0 Å². The van der Waals surface area contributed by atoms with Gasteiger partial charge in [0.2, 0.25) is 0 Å². The van der Waals surface area contributed by atoms with Crippen molar-refractivity contribution in [3.05, 3.63) is 0 Å². The van der Waals surface area contributed by atoms with E-state index in [1.165, 1.54) is 7.11 Å². The summed E-state index contributed by atoms with van der Waals surface area (Å²) in [5.41, 5.74) is -1.10. The van der Waals surface area contributed by atoms with Crippen LogP contribution in [-0.4, -0.2) is 51.0 Å². The lowest BCUT2D eigenvalue weighted by Crippen LogP contribution is -2.47. The van der Waals surface area contributed by atoms with E-state index in [0.717, 1.165) is 0 Å². The number of hydrogen-bond donors (Lipinski definition) is 1. The van der Waals surface area contributed by atoms with Crippen LogP contribution in [0.2, 0.25) is 0 Å². The quantitative estimate of drug-likeness (QED) is 0.757. The van der Waals surface area contributed by atoms with Gasteiger partial charge in [0.1, 0.15) is 5.60 Å². The van der Waals surface area contributed by atoms with Crippen LogP contribution in [0.3, 0.4) is 0 Å². The Labute approximate surface area is 120 Å². The number of ether oxygens (including phenoxy) is 3. The van der Waals surface area contributed by atoms with Crippen molar-refractivity contribution in [3.8, 4) is 0 Å². The van der Waals surface area contributed by atoms with Crippen LogP contribution in [0.1, 0.15) is 33.6 Å². The highest BCUT2D eigenvalue weighted by Gasteiger charge is 2.41. The molecule has 6 nitrogen and oxygen atoms in total. The molecule has 1 heterocycles. The van der Waals surface area contributed by atoms with E-state index in [0.29, 0.717) is 32.6 Å². The largest absolute Gasteiger partial charge is 0.469 e. The van der Waals surface area contributed by atoms with Crippen molar-refractivity contribution >= 4 is 11.9 Å². The summed E-state index contributed by atoms with van der Waals surface area (Å²) in [6, 6.07) is 0. The average molecular weight is 287 g/mol. The number of rotatable bonds is 5. The maximum absolute atomic E-state index is 12.0. The van der Waals surface area contributed by atoms with Crippen LogP contribution in [-0.2, 0) is 23.8 Å². The molecule has 0 aromatic rings. The minimum absolute atomic E-state index is 0.0802. The monoisotopic (exact) mass is 287 g/mol. The lowest BCUT2D eigenvalue weighted by Gasteiger charge is -2.34. The van der Waals surface area contributed by atoms with Crippen molar-refractivity contribution in [1.29, 1.82) is 0 Å². The van der Waals surface area contributed by atoms with Gasteiger partial charge in [0, 0.05) is 19.8 Å². The fourth-order valence-corrected chi connectivity index (χ4v) is 2.21. The third kappa shape index (κ3) is 5.09. The third-order valence-corrected chi connectivity index (χ3v) is 3.22. The first kappa shape index (κ1) is 16.9. The maximum atomic E-state index is 12.0. The van der Waals surface area contributed by atoms with Gasteiger partial charge in [-0.3, -0.25) is 9.59 Å². The number of carbonyl (C=O) groups excluding carboxylic acids is 2. The van der Waals surface area contributed by atoms with Gasteiger partial charge in [0.25, 0.3) is 0 Å². The summed E-state index contributed by atoms with van der Waals surface area (Å²) in [5, 5.41) is 3.00. The second-order valence-electron chi connectivity index (χ2n) is 6.07. The van der Waals surface area contributed by atoms with Crippen molar-refractivity contribution < 1.29 is 23.8 Å². The minimum atomic E-state index is -0.602. The number of methoxy groups -OCH3 is 1. The van der Waals surface area contributed by atoms with Gasteiger partial charge >= 0.3 is 11.9 Å². The topological polar surface area (TPSA) is 73.9 Å². The molecule has 0 radical (unpaired) electrons. The zero-order valence-corrected chi connectivity index (χ0v) is 12.8. The first-order valence-corrected chi connectivity index (χ1v) is 6.88. The van der Waals surface area contributed by atoms with Crippen molar-refractivity contribution in [2.45, 2.75) is 39.2 Å². The molecular formula is C14H25NO5. The number of carbonyl (C=O) groups is 2. The smallest absolute Gasteiger partial charge is 0.320 e. The molecule has 0 unspecified atom stereocenters. The molecule has 0 aliphatic carbocycles. The van der Waals surface area contributed by atoms with Crippen LogP contribution < -0.4 is 5.32 Å². The van der Waals surface area contributed by atoms with Crippen LogP contribution in [0.15, 0.2) is 0 Å². The first-order chi connectivity index (χ1) is 9.29. The van der Waals surface area contributed by atoms with E-state index in [9.17, 15) is 9.59 Å². The average Bonchev–Trinajstić information content (AvgIpc) is 2.36. The van der Waals surface area contributed by atoms with E-state index in [-0.39, 0.29) is 18.5 Å². The van der Waals surface area contributed by atoms with Crippen LogP contribution in [0.4, 0.5) is 0 Å². The SMILES string of the molecule is COC(=O)C1(CNCC(=O)OC(C)(C)C)CCOCC1. The van der Waals surface area contributed by atoms with Crippen molar-refractivity contribution in [3.63, 3.8) is 0 Å². The zero-order valence-electron chi connectivity index (χ0n) is 12.8. The van der Waals surface area contributed by atoms with E-state index >= 15 is 0 Å². The molecule has 0 aromatic heterocycles. The Morgan fingerprint density at radius 2 is 1.85 bits per heavy atom. The molecule has 0 spiro atoms. The standard InChI is InChI=1S/C14H25NO5/c1-13(2,3)20-11(16)9-15-10-14(12(17)18-4)5-7-19-8-6-14/h15H,5-10H2,1-4H3. The van der Waals surface area contributed by atoms with E-state index in [1.807, 2.05) is 20.8 Å². The summed E-state index contributed by atoms with van der Waals surface area (Å²) in [4.78, 5) is 23.6. The van der Waals surface area contributed by atoms with E-state index < -0.39 is 11.0 Å². The second kappa shape index (κ2) is 7.04. The summed E-state index contributed by atoms with van der Waals surface area (Å²) in [6.07, 6.45) is 1.20. The van der Waals surface area contributed by atoms with Crippen LogP contribution in [0.25, 0.3) is 0 Å². The van der Waals surface area contributed by atoms with Gasteiger partial charge in [-0.2, -0.15) is 0 Å². The molecule has 0 aromatic carbocycles. The Morgan fingerprint density at radius 1 is 1.25 bits per heavy atom. The number of hydrogen-bond acceptors (Lipinski definition) is 6. The van der Waals surface area contributed by atoms with E-state index in [2.05, 4.69) is 5.32 Å². The van der Waals surface area contributed by atoms with E-state index in [1.54, 1.807) is 0 Å². The summed E-state index contributed by atoms with van der Waals surface area (Å²) >= 11 is 0. The van der Waals surface area contributed by atoms with Gasteiger partial charge in [0.15, 0.2) is 0 Å². The molecule has 1 fully saturated rings. The predicted octanol–water partition coefficient (Wildman–Crippen LogP) is 0.887. The molecule has 116 valence electrons. The fraction of sp³-hybridized carbons (Fsp3) is 0.857. The fourth-order valence-electron chi connectivity index (χ4n) is 2.21. The maximum Gasteiger partial charge on any atom is 0.320 e. The molecule has 6 heteroatoms. The second-order valence-corrected chi connectivity index (χ2v) is 6.07. The highest BCUT2D eigenvalue weighted by Crippen LogP contribution is 2.31. The first-order valence-electron chi connectivity index (χ1n) is 6.88. The molecule has 0 saturated carbocycles. The summed E-state index contributed by atoms with van der Waals surface area (Å²) in [5.74, 6) is -0.581. The van der Waals surface area contributed by atoms with Crippen molar-refractivity contribution in [2.75, 3.05) is 33.4 Å². The van der Waals surface area contributed by atoms with Gasteiger partial charge in [-0.05, 0) is 33.6 Å².